The quantitative estimate of drug-likeness (QED) is 0.678. The second-order valence-corrected chi connectivity index (χ2v) is 5.95. The molecule has 138 valence electrons. The summed E-state index contributed by atoms with van der Waals surface area (Å²) in [5, 5.41) is 5.42. The van der Waals surface area contributed by atoms with Gasteiger partial charge in [-0.05, 0) is 49.7 Å². The van der Waals surface area contributed by atoms with E-state index in [4.69, 9.17) is 4.74 Å². The Morgan fingerprint density at radius 1 is 1.15 bits per heavy atom. The van der Waals surface area contributed by atoms with E-state index in [9.17, 15) is 9.59 Å². The molecule has 2 rings (SSSR count). The predicted octanol–water partition coefficient (Wildman–Crippen LogP) is 2.87. The summed E-state index contributed by atoms with van der Waals surface area (Å²) < 4.78 is 5.56. The number of amides is 2. The summed E-state index contributed by atoms with van der Waals surface area (Å²) in [6, 6.07) is 12.2. The fourth-order valence-electron chi connectivity index (χ4n) is 2.30. The lowest BCUT2D eigenvalue weighted by Gasteiger charge is -2.13. The molecule has 6 heteroatoms. The summed E-state index contributed by atoms with van der Waals surface area (Å²) in [5.74, 6) is 0.165. The first kappa shape index (κ1) is 19.4. The molecule has 26 heavy (non-hydrogen) atoms. The van der Waals surface area contributed by atoms with Crippen LogP contribution in [-0.2, 0) is 4.79 Å². The van der Waals surface area contributed by atoms with Crippen molar-refractivity contribution < 1.29 is 14.3 Å². The number of ether oxygens (including phenoxy) is 1. The molecule has 1 atom stereocenters. The number of unbranched alkanes of at least 4 members (excludes halogenated alkanes) is 1. The monoisotopic (exact) mass is 355 g/mol. The number of rotatable bonds is 9. The third-order valence-electron chi connectivity index (χ3n) is 3.80. The van der Waals surface area contributed by atoms with Gasteiger partial charge in [0.25, 0.3) is 5.91 Å². The first-order valence-electron chi connectivity index (χ1n) is 8.81. The minimum absolute atomic E-state index is 0.0925. The van der Waals surface area contributed by atoms with Gasteiger partial charge in [0, 0.05) is 11.8 Å². The minimum Gasteiger partial charge on any atom is -0.494 e. The topological polar surface area (TPSA) is 80.3 Å². The predicted molar refractivity (Wildman–Crippen MR) is 100.0 cm³/mol. The van der Waals surface area contributed by atoms with Crippen LogP contribution in [0.25, 0.3) is 0 Å². The molecule has 0 radical (unpaired) electrons. The van der Waals surface area contributed by atoms with E-state index in [-0.39, 0.29) is 24.4 Å². The van der Waals surface area contributed by atoms with E-state index in [0.717, 1.165) is 24.3 Å². The number of carbonyl (C=O) groups is 2. The number of pyridine rings is 1. The summed E-state index contributed by atoms with van der Waals surface area (Å²) >= 11 is 0. The van der Waals surface area contributed by atoms with Crippen LogP contribution in [0.5, 0.6) is 5.75 Å². The molecule has 0 aliphatic heterocycles. The number of nitrogens with zero attached hydrogens (tertiary/aromatic N) is 1. The van der Waals surface area contributed by atoms with E-state index in [1.54, 1.807) is 30.5 Å². The Hall–Kier alpha value is -2.89. The van der Waals surface area contributed by atoms with Crippen LogP contribution in [-0.4, -0.2) is 29.9 Å². The molecule has 0 fully saturated rings. The first-order valence-corrected chi connectivity index (χ1v) is 8.81. The zero-order valence-corrected chi connectivity index (χ0v) is 15.2. The van der Waals surface area contributed by atoms with Crippen LogP contribution in [0.2, 0.25) is 0 Å². The fourth-order valence-corrected chi connectivity index (χ4v) is 2.30. The fraction of sp³-hybridized carbons (Fsp3) is 0.350. The van der Waals surface area contributed by atoms with Gasteiger partial charge in [-0.15, -0.1) is 0 Å². The zero-order chi connectivity index (χ0) is 18.8. The molecule has 0 saturated carbocycles. The van der Waals surface area contributed by atoms with Crippen LogP contribution < -0.4 is 15.4 Å². The highest BCUT2D eigenvalue weighted by molar-refractivity contribution is 5.96. The Morgan fingerprint density at radius 2 is 1.92 bits per heavy atom. The Morgan fingerprint density at radius 3 is 2.58 bits per heavy atom. The van der Waals surface area contributed by atoms with Crippen molar-refractivity contribution in [2.75, 3.05) is 13.2 Å². The lowest BCUT2D eigenvalue weighted by atomic mass is 10.2. The number of nitrogens with one attached hydrogen (secondary N) is 2. The van der Waals surface area contributed by atoms with Gasteiger partial charge in [-0.2, -0.15) is 0 Å². The highest BCUT2D eigenvalue weighted by Crippen LogP contribution is 2.12. The van der Waals surface area contributed by atoms with Gasteiger partial charge in [-0.25, -0.2) is 0 Å². The largest absolute Gasteiger partial charge is 0.494 e. The van der Waals surface area contributed by atoms with Gasteiger partial charge in [0.05, 0.1) is 24.9 Å². The van der Waals surface area contributed by atoms with Crippen molar-refractivity contribution >= 4 is 11.8 Å². The van der Waals surface area contributed by atoms with E-state index in [1.165, 1.54) is 0 Å². The maximum absolute atomic E-state index is 12.1. The Kier molecular flexibility index (Phi) is 7.61. The Bertz CT molecular complexity index is 702. The summed E-state index contributed by atoms with van der Waals surface area (Å²) in [4.78, 5) is 28.3. The molecule has 1 aromatic carbocycles. The molecule has 0 aliphatic carbocycles. The highest BCUT2D eigenvalue weighted by atomic mass is 16.5. The van der Waals surface area contributed by atoms with Gasteiger partial charge in [-0.1, -0.05) is 19.4 Å². The van der Waals surface area contributed by atoms with Gasteiger partial charge in [-0.3, -0.25) is 14.6 Å². The Labute approximate surface area is 154 Å². The first-order chi connectivity index (χ1) is 12.6. The van der Waals surface area contributed by atoms with Gasteiger partial charge in [0.15, 0.2) is 0 Å². The van der Waals surface area contributed by atoms with Crippen molar-refractivity contribution in [3.63, 3.8) is 0 Å². The number of aromatic nitrogens is 1. The van der Waals surface area contributed by atoms with E-state index >= 15 is 0 Å². The van der Waals surface area contributed by atoms with Crippen molar-refractivity contribution in [3.8, 4) is 5.75 Å². The maximum Gasteiger partial charge on any atom is 0.251 e. The molecule has 1 aromatic heterocycles. The minimum atomic E-state index is -0.300. The van der Waals surface area contributed by atoms with Gasteiger partial charge in [0.2, 0.25) is 5.91 Å². The van der Waals surface area contributed by atoms with Crippen LogP contribution in [0, 0.1) is 0 Å². The van der Waals surface area contributed by atoms with Crippen LogP contribution in [0.4, 0.5) is 0 Å². The van der Waals surface area contributed by atoms with E-state index in [2.05, 4.69) is 22.5 Å². The molecule has 6 nitrogen and oxygen atoms in total. The second kappa shape index (κ2) is 10.2. The molecule has 2 aromatic rings. The van der Waals surface area contributed by atoms with E-state index < -0.39 is 0 Å². The van der Waals surface area contributed by atoms with Gasteiger partial charge >= 0.3 is 0 Å². The number of benzene rings is 1. The van der Waals surface area contributed by atoms with E-state index in [1.807, 2.05) is 25.1 Å². The summed E-state index contributed by atoms with van der Waals surface area (Å²) in [6.45, 7) is 4.52. The zero-order valence-electron chi connectivity index (χ0n) is 15.2. The van der Waals surface area contributed by atoms with Gasteiger partial charge in [0.1, 0.15) is 5.75 Å². The van der Waals surface area contributed by atoms with Crippen LogP contribution in [0.1, 0.15) is 48.8 Å². The van der Waals surface area contributed by atoms with Crippen molar-refractivity contribution in [3.05, 3.63) is 59.9 Å². The standard InChI is InChI=1S/C20H25N3O3/c1-3-4-13-26-17-10-8-16(9-11-17)20(25)22-14-19(24)23-15(2)18-7-5-6-12-21-18/h5-12,15H,3-4,13-14H2,1-2H3,(H,22,25)(H,23,24). The molecule has 0 saturated heterocycles. The molecular weight excluding hydrogens is 330 g/mol. The summed E-state index contributed by atoms with van der Waals surface area (Å²) in [5.41, 5.74) is 1.25. The molecular formula is C20H25N3O3. The van der Waals surface area contributed by atoms with Crippen molar-refractivity contribution in [1.29, 1.82) is 0 Å². The summed E-state index contributed by atoms with van der Waals surface area (Å²) in [6.07, 6.45) is 3.74. The molecule has 0 aliphatic rings. The average molecular weight is 355 g/mol. The number of carbonyl (C=O) groups excluding carboxylic acids is 2. The van der Waals surface area contributed by atoms with Crippen LogP contribution >= 0.6 is 0 Å². The molecule has 0 bridgehead atoms. The molecule has 2 amide bonds. The third kappa shape index (κ3) is 6.20. The molecule has 1 heterocycles. The van der Waals surface area contributed by atoms with E-state index in [0.29, 0.717) is 12.2 Å². The lowest BCUT2D eigenvalue weighted by Crippen LogP contribution is -2.38. The second-order valence-electron chi connectivity index (χ2n) is 5.95. The molecule has 0 spiro atoms. The van der Waals surface area contributed by atoms with Crippen molar-refractivity contribution in [2.24, 2.45) is 0 Å². The van der Waals surface area contributed by atoms with Crippen LogP contribution in [0.15, 0.2) is 48.7 Å². The lowest BCUT2D eigenvalue weighted by molar-refractivity contribution is -0.120. The number of hydrogen-bond donors (Lipinski definition) is 2. The Balaban J connectivity index is 1.77. The molecule has 1 unspecified atom stereocenters. The third-order valence-corrected chi connectivity index (χ3v) is 3.80. The van der Waals surface area contributed by atoms with Gasteiger partial charge < -0.3 is 15.4 Å². The SMILES string of the molecule is CCCCOc1ccc(C(=O)NCC(=O)NC(C)c2ccccn2)cc1. The van der Waals surface area contributed by atoms with Crippen molar-refractivity contribution in [1.82, 2.24) is 15.6 Å². The smallest absolute Gasteiger partial charge is 0.251 e. The normalized spacial score (nSPS) is 11.5. The maximum atomic E-state index is 12.1. The highest BCUT2D eigenvalue weighted by Gasteiger charge is 2.12. The number of hydrogen-bond acceptors (Lipinski definition) is 4. The molecule has 2 N–H and O–H groups in total. The van der Waals surface area contributed by atoms with Crippen molar-refractivity contribution in [2.45, 2.75) is 32.7 Å². The summed E-state index contributed by atoms with van der Waals surface area (Å²) in [7, 11) is 0. The average Bonchev–Trinajstić information content (AvgIpc) is 2.67. The van der Waals surface area contributed by atoms with Crippen LogP contribution in [0.3, 0.4) is 0 Å².